The van der Waals surface area contributed by atoms with Gasteiger partial charge in [0, 0.05) is 12.1 Å². The van der Waals surface area contributed by atoms with Crippen molar-refractivity contribution in [1.82, 2.24) is 24.5 Å². The SMILES string of the molecule is CCN(CC)CCOc1c(C)c(Cl)nc2ncnn12. The summed E-state index contributed by atoms with van der Waals surface area (Å²) >= 11 is 6.06. The van der Waals surface area contributed by atoms with Gasteiger partial charge in [0.25, 0.3) is 5.78 Å². The van der Waals surface area contributed by atoms with E-state index in [4.69, 9.17) is 16.3 Å². The van der Waals surface area contributed by atoms with Crippen molar-refractivity contribution in [3.63, 3.8) is 0 Å². The number of hydrogen-bond acceptors (Lipinski definition) is 5. The molecular formula is C12H18ClN5O. The molecule has 2 aromatic rings. The predicted octanol–water partition coefficient (Wildman–Crippen LogP) is 1.81. The average molecular weight is 284 g/mol. The van der Waals surface area contributed by atoms with E-state index < -0.39 is 0 Å². The molecule has 2 heterocycles. The lowest BCUT2D eigenvalue weighted by atomic mass is 10.4. The van der Waals surface area contributed by atoms with Gasteiger partial charge < -0.3 is 9.64 Å². The summed E-state index contributed by atoms with van der Waals surface area (Å²) in [6.45, 7) is 9.59. The maximum atomic E-state index is 6.06. The summed E-state index contributed by atoms with van der Waals surface area (Å²) in [6.07, 6.45) is 1.44. The first-order valence-corrected chi connectivity index (χ1v) is 6.76. The fourth-order valence-corrected chi connectivity index (χ4v) is 2.01. The second-order valence-corrected chi connectivity index (χ2v) is 4.54. The number of hydrogen-bond donors (Lipinski definition) is 0. The van der Waals surface area contributed by atoms with Crippen molar-refractivity contribution in [3.05, 3.63) is 17.0 Å². The topological polar surface area (TPSA) is 55.5 Å². The zero-order chi connectivity index (χ0) is 13.8. The molecule has 0 unspecified atom stereocenters. The van der Waals surface area contributed by atoms with E-state index in [1.54, 1.807) is 4.52 Å². The molecule has 7 heteroatoms. The van der Waals surface area contributed by atoms with Gasteiger partial charge in [-0.25, -0.2) is 0 Å². The second kappa shape index (κ2) is 6.16. The molecule has 0 aromatic carbocycles. The molecule has 0 amide bonds. The molecule has 2 aromatic heterocycles. The quantitative estimate of drug-likeness (QED) is 0.757. The zero-order valence-corrected chi connectivity index (χ0v) is 12.2. The average Bonchev–Trinajstić information content (AvgIpc) is 2.86. The van der Waals surface area contributed by atoms with Gasteiger partial charge in [-0.15, -0.1) is 0 Å². The molecule has 0 N–H and O–H groups in total. The Morgan fingerprint density at radius 2 is 2.11 bits per heavy atom. The molecule has 0 spiro atoms. The highest BCUT2D eigenvalue weighted by Gasteiger charge is 2.13. The van der Waals surface area contributed by atoms with Crippen LogP contribution in [0.25, 0.3) is 5.78 Å². The van der Waals surface area contributed by atoms with Gasteiger partial charge in [-0.1, -0.05) is 25.4 Å². The Kier molecular flexibility index (Phi) is 4.55. The van der Waals surface area contributed by atoms with Crippen molar-refractivity contribution in [2.24, 2.45) is 0 Å². The van der Waals surface area contributed by atoms with E-state index >= 15 is 0 Å². The third kappa shape index (κ3) is 2.96. The zero-order valence-electron chi connectivity index (χ0n) is 11.4. The van der Waals surface area contributed by atoms with Gasteiger partial charge in [0.1, 0.15) is 18.1 Å². The van der Waals surface area contributed by atoms with Gasteiger partial charge in [-0.2, -0.15) is 19.6 Å². The minimum Gasteiger partial charge on any atom is -0.476 e. The van der Waals surface area contributed by atoms with Crippen molar-refractivity contribution < 1.29 is 4.74 Å². The molecule has 104 valence electrons. The van der Waals surface area contributed by atoms with E-state index in [2.05, 4.69) is 33.8 Å². The van der Waals surface area contributed by atoms with Crippen LogP contribution in [-0.4, -0.2) is 50.7 Å². The highest BCUT2D eigenvalue weighted by atomic mass is 35.5. The molecule has 0 saturated carbocycles. The standard InChI is InChI=1S/C12H18ClN5O/c1-4-17(5-2)6-7-19-11-9(3)10(13)16-12-14-8-15-18(11)12/h8H,4-7H2,1-3H3. The van der Waals surface area contributed by atoms with Crippen LogP contribution in [0.3, 0.4) is 0 Å². The number of aromatic nitrogens is 4. The van der Waals surface area contributed by atoms with Crippen LogP contribution in [0.1, 0.15) is 19.4 Å². The number of halogens is 1. The van der Waals surface area contributed by atoms with Crippen molar-refractivity contribution in [2.75, 3.05) is 26.2 Å². The van der Waals surface area contributed by atoms with Gasteiger partial charge in [0.15, 0.2) is 0 Å². The molecule has 0 radical (unpaired) electrons. The summed E-state index contributed by atoms with van der Waals surface area (Å²) in [6, 6.07) is 0. The summed E-state index contributed by atoms with van der Waals surface area (Å²) < 4.78 is 7.39. The fourth-order valence-electron chi connectivity index (χ4n) is 1.85. The first-order valence-electron chi connectivity index (χ1n) is 6.38. The number of fused-ring (bicyclic) bond motifs is 1. The van der Waals surface area contributed by atoms with Gasteiger partial charge in [0.2, 0.25) is 5.88 Å². The number of rotatable bonds is 6. The Morgan fingerprint density at radius 1 is 1.37 bits per heavy atom. The van der Waals surface area contributed by atoms with E-state index in [0.717, 1.165) is 25.2 Å². The third-order valence-corrected chi connectivity index (χ3v) is 3.46. The van der Waals surface area contributed by atoms with Crippen molar-refractivity contribution in [3.8, 4) is 5.88 Å². The van der Waals surface area contributed by atoms with Crippen LogP contribution in [0.2, 0.25) is 5.15 Å². The summed E-state index contributed by atoms with van der Waals surface area (Å²) in [5.74, 6) is 1.06. The molecule has 0 aliphatic heterocycles. The smallest absolute Gasteiger partial charge is 0.256 e. The Labute approximate surface area is 117 Å². The van der Waals surface area contributed by atoms with E-state index in [9.17, 15) is 0 Å². The van der Waals surface area contributed by atoms with E-state index in [1.165, 1.54) is 6.33 Å². The molecule has 19 heavy (non-hydrogen) atoms. The molecule has 0 aliphatic rings. The minimum absolute atomic E-state index is 0.401. The number of ether oxygens (including phenoxy) is 1. The van der Waals surface area contributed by atoms with Crippen LogP contribution in [0.15, 0.2) is 6.33 Å². The van der Waals surface area contributed by atoms with Crippen LogP contribution in [0.5, 0.6) is 5.88 Å². The lowest BCUT2D eigenvalue weighted by molar-refractivity contribution is 0.214. The van der Waals surface area contributed by atoms with E-state index in [-0.39, 0.29) is 0 Å². The lowest BCUT2D eigenvalue weighted by Gasteiger charge is -2.18. The summed E-state index contributed by atoms with van der Waals surface area (Å²) in [5.41, 5.74) is 0.777. The van der Waals surface area contributed by atoms with Crippen LogP contribution in [0, 0.1) is 6.92 Å². The highest BCUT2D eigenvalue weighted by molar-refractivity contribution is 6.30. The lowest BCUT2D eigenvalue weighted by Crippen LogP contribution is -2.28. The first-order chi connectivity index (χ1) is 9.17. The van der Waals surface area contributed by atoms with Gasteiger partial charge in [0.05, 0.1) is 0 Å². The molecule has 0 fully saturated rings. The van der Waals surface area contributed by atoms with Crippen molar-refractivity contribution in [2.45, 2.75) is 20.8 Å². The van der Waals surface area contributed by atoms with Crippen LogP contribution in [0.4, 0.5) is 0 Å². The molecule has 2 rings (SSSR count). The van der Waals surface area contributed by atoms with Crippen molar-refractivity contribution >= 4 is 17.4 Å². The largest absolute Gasteiger partial charge is 0.476 e. The van der Waals surface area contributed by atoms with E-state index in [1.807, 2.05) is 6.92 Å². The predicted molar refractivity (Wildman–Crippen MR) is 73.8 cm³/mol. The molecule has 6 nitrogen and oxygen atoms in total. The fraction of sp³-hybridized carbons (Fsp3) is 0.583. The maximum absolute atomic E-state index is 6.06. The molecular weight excluding hydrogens is 266 g/mol. The Balaban J connectivity index is 2.15. The monoisotopic (exact) mass is 283 g/mol. The molecule has 0 atom stereocenters. The van der Waals surface area contributed by atoms with Gasteiger partial charge in [-0.3, -0.25) is 0 Å². The molecule has 0 aliphatic carbocycles. The first kappa shape index (κ1) is 14.0. The van der Waals surface area contributed by atoms with Crippen LogP contribution >= 0.6 is 11.6 Å². The van der Waals surface area contributed by atoms with Gasteiger partial charge in [-0.05, 0) is 20.0 Å². The normalized spacial score (nSPS) is 11.4. The minimum atomic E-state index is 0.401. The van der Waals surface area contributed by atoms with E-state index in [0.29, 0.717) is 23.4 Å². The third-order valence-electron chi connectivity index (χ3n) is 3.09. The number of likely N-dealkylation sites (N-methyl/N-ethyl adjacent to an activating group) is 1. The Bertz CT molecular complexity index is 552. The highest BCUT2D eigenvalue weighted by Crippen LogP contribution is 2.23. The van der Waals surface area contributed by atoms with Crippen LogP contribution in [-0.2, 0) is 0 Å². The van der Waals surface area contributed by atoms with Crippen molar-refractivity contribution in [1.29, 1.82) is 0 Å². The number of nitrogens with zero attached hydrogens (tertiary/aromatic N) is 5. The molecule has 0 saturated heterocycles. The Hall–Kier alpha value is -1.40. The molecule has 0 bridgehead atoms. The van der Waals surface area contributed by atoms with Gasteiger partial charge >= 0.3 is 0 Å². The second-order valence-electron chi connectivity index (χ2n) is 4.18. The Morgan fingerprint density at radius 3 is 2.79 bits per heavy atom. The maximum Gasteiger partial charge on any atom is 0.256 e. The van der Waals surface area contributed by atoms with Crippen LogP contribution < -0.4 is 4.74 Å². The summed E-state index contributed by atoms with van der Waals surface area (Å²) in [4.78, 5) is 10.4. The summed E-state index contributed by atoms with van der Waals surface area (Å²) in [5, 5.41) is 4.51. The summed E-state index contributed by atoms with van der Waals surface area (Å²) in [7, 11) is 0.